The lowest BCUT2D eigenvalue weighted by Gasteiger charge is -1.97. The second kappa shape index (κ2) is 3.14. The summed E-state index contributed by atoms with van der Waals surface area (Å²) >= 11 is 0. The minimum Gasteiger partial charge on any atom is -0.285 e. The van der Waals surface area contributed by atoms with Crippen LogP contribution in [0.3, 0.4) is 0 Å². The number of rotatable bonds is 2. The lowest BCUT2D eigenvalue weighted by molar-refractivity contribution is 0.408. The number of hydrogen-bond acceptors (Lipinski definition) is 3. The second-order valence-electron chi connectivity index (χ2n) is 2.41. The molecule has 0 aromatic carbocycles. The molecule has 5 nitrogen and oxygen atoms in total. The zero-order valence-corrected chi connectivity index (χ0v) is 6.89. The first-order chi connectivity index (χ1) is 5.18. The third-order valence-corrected chi connectivity index (χ3v) is 1.03. The summed E-state index contributed by atoms with van der Waals surface area (Å²) in [5.74, 6) is 0. The minimum absolute atomic E-state index is 0.765. The van der Waals surface area contributed by atoms with Crippen molar-refractivity contribution in [1.29, 1.82) is 0 Å². The van der Waals surface area contributed by atoms with Crippen LogP contribution in [0, 0.1) is 0 Å². The molecule has 0 saturated heterocycles. The largest absolute Gasteiger partial charge is 0.285 e. The van der Waals surface area contributed by atoms with Gasteiger partial charge in [-0.15, -0.1) is 5.11 Å². The maximum absolute atomic E-state index is 3.94. The van der Waals surface area contributed by atoms with E-state index >= 15 is 0 Å². The van der Waals surface area contributed by atoms with E-state index in [4.69, 9.17) is 0 Å². The molecule has 5 heteroatoms. The smallest absolute Gasteiger partial charge is 0.125 e. The molecular formula is C6H11N5. The van der Waals surface area contributed by atoms with Crippen LogP contribution < -0.4 is 0 Å². The molecule has 1 aromatic heterocycles. The van der Waals surface area contributed by atoms with Crippen LogP contribution >= 0.6 is 0 Å². The summed E-state index contributed by atoms with van der Waals surface area (Å²) in [7, 11) is 5.48. The molecule has 0 unspecified atom stereocenters. The quantitative estimate of drug-likeness (QED) is 0.469. The lowest BCUT2D eigenvalue weighted by Crippen LogP contribution is -1.98. The van der Waals surface area contributed by atoms with E-state index < -0.39 is 0 Å². The van der Waals surface area contributed by atoms with Gasteiger partial charge in [0, 0.05) is 21.1 Å². The van der Waals surface area contributed by atoms with Gasteiger partial charge >= 0.3 is 0 Å². The van der Waals surface area contributed by atoms with Crippen LogP contribution in [-0.2, 0) is 7.05 Å². The van der Waals surface area contributed by atoms with Crippen LogP contribution in [0.25, 0.3) is 0 Å². The van der Waals surface area contributed by atoms with E-state index in [1.807, 2.05) is 21.1 Å². The molecule has 60 valence electrons. The molecule has 0 N–H and O–H groups in total. The van der Waals surface area contributed by atoms with Crippen molar-refractivity contribution in [1.82, 2.24) is 14.8 Å². The van der Waals surface area contributed by atoms with E-state index in [1.165, 1.54) is 0 Å². The fourth-order valence-corrected chi connectivity index (χ4v) is 0.601. The van der Waals surface area contributed by atoms with Crippen molar-refractivity contribution in [2.24, 2.45) is 17.4 Å². The SMILES string of the molecule is CN(C)N=Nc1cnn(C)c1. The second-order valence-corrected chi connectivity index (χ2v) is 2.41. The van der Waals surface area contributed by atoms with E-state index in [9.17, 15) is 0 Å². The topological polar surface area (TPSA) is 45.8 Å². The van der Waals surface area contributed by atoms with Gasteiger partial charge in [0.05, 0.1) is 12.4 Å². The predicted molar refractivity (Wildman–Crippen MR) is 41.4 cm³/mol. The molecule has 0 aliphatic heterocycles. The molecule has 11 heavy (non-hydrogen) atoms. The Morgan fingerprint density at radius 1 is 1.55 bits per heavy atom. The number of aryl methyl sites for hydroxylation is 1. The summed E-state index contributed by atoms with van der Waals surface area (Å²) in [6, 6.07) is 0. The van der Waals surface area contributed by atoms with Crippen molar-refractivity contribution in [3.63, 3.8) is 0 Å². The van der Waals surface area contributed by atoms with Crippen molar-refractivity contribution >= 4 is 5.69 Å². The van der Waals surface area contributed by atoms with Crippen LogP contribution in [0.5, 0.6) is 0 Å². The zero-order chi connectivity index (χ0) is 8.27. The monoisotopic (exact) mass is 153 g/mol. The van der Waals surface area contributed by atoms with Crippen LogP contribution in [0.1, 0.15) is 0 Å². The number of nitrogens with zero attached hydrogens (tertiary/aromatic N) is 5. The lowest BCUT2D eigenvalue weighted by atomic mass is 10.6. The Labute approximate surface area is 65.3 Å². The molecule has 0 amide bonds. The van der Waals surface area contributed by atoms with Gasteiger partial charge in [-0.25, -0.2) is 0 Å². The van der Waals surface area contributed by atoms with Gasteiger partial charge in [-0.3, -0.25) is 9.69 Å². The maximum Gasteiger partial charge on any atom is 0.125 e. The molecule has 0 aliphatic rings. The molecule has 0 saturated carbocycles. The predicted octanol–water partition coefficient (Wildman–Crippen LogP) is 0.980. The first-order valence-electron chi connectivity index (χ1n) is 3.26. The number of aromatic nitrogens is 2. The van der Waals surface area contributed by atoms with E-state index in [0.29, 0.717) is 0 Å². The van der Waals surface area contributed by atoms with Gasteiger partial charge in [0.25, 0.3) is 0 Å². The summed E-state index contributed by atoms with van der Waals surface area (Å²) in [5.41, 5.74) is 0.765. The Bertz CT molecular complexity index is 249. The normalized spacial score (nSPS) is 10.8. The molecular weight excluding hydrogens is 142 g/mol. The molecule has 0 fully saturated rings. The Hall–Kier alpha value is -1.39. The fourth-order valence-electron chi connectivity index (χ4n) is 0.601. The summed E-state index contributed by atoms with van der Waals surface area (Å²) in [5, 5.41) is 13.3. The molecule has 0 radical (unpaired) electrons. The average molecular weight is 153 g/mol. The molecule has 0 bridgehead atoms. The molecule has 0 aliphatic carbocycles. The van der Waals surface area contributed by atoms with E-state index in [-0.39, 0.29) is 0 Å². The van der Waals surface area contributed by atoms with Crippen molar-refractivity contribution in [3.05, 3.63) is 12.4 Å². The third kappa shape index (κ3) is 2.37. The molecule has 1 rings (SSSR count). The highest BCUT2D eigenvalue weighted by Gasteiger charge is 1.90. The Kier molecular flexibility index (Phi) is 2.20. The summed E-state index contributed by atoms with van der Waals surface area (Å²) in [6.07, 6.45) is 3.46. The summed E-state index contributed by atoms with van der Waals surface area (Å²) in [4.78, 5) is 0. The molecule has 1 aromatic rings. The summed E-state index contributed by atoms with van der Waals surface area (Å²) in [6.45, 7) is 0. The molecule has 1 heterocycles. The van der Waals surface area contributed by atoms with E-state index in [0.717, 1.165) is 5.69 Å². The maximum atomic E-state index is 3.94. The van der Waals surface area contributed by atoms with Crippen molar-refractivity contribution in [3.8, 4) is 0 Å². The Morgan fingerprint density at radius 3 is 2.73 bits per heavy atom. The molecule has 0 spiro atoms. The molecule has 0 atom stereocenters. The highest BCUT2D eigenvalue weighted by molar-refractivity contribution is 5.28. The first kappa shape index (κ1) is 7.71. The van der Waals surface area contributed by atoms with Gasteiger partial charge in [-0.2, -0.15) is 5.10 Å². The highest BCUT2D eigenvalue weighted by Crippen LogP contribution is 2.08. The first-order valence-corrected chi connectivity index (χ1v) is 3.26. The van der Waals surface area contributed by atoms with Crippen molar-refractivity contribution < 1.29 is 0 Å². The zero-order valence-electron chi connectivity index (χ0n) is 6.89. The van der Waals surface area contributed by atoms with Gasteiger partial charge in [0.2, 0.25) is 0 Å². The standard InChI is InChI=1S/C6H11N5/c1-10(2)9-8-6-4-7-11(3)5-6/h4-5H,1-3H3. The van der Waals surface area contributed by atoms with E-state index in [1.54, 1.807) is 22.1 Å². The van der Waals surface area contributed by atoms with Crippen LogP contribution in [-0.4, -0.2) is 28.9 Å². The van der Waals surface area contributed by atoms with Crippen LogP contribution in [0.15, 0.2) is 22.7 Å². The van der Waals surface area contributed by atoms with Gasteiger partial charge in [-0.1, -0.05) is 5.22 Å². The summed E-state index contributed by atoms with van der Waals surface area (Å²) < 4.78 is 1.68. The van der Waals surface area contributed by atoms with Gasteiger partial charge in [-0.05, 0) is 0 Å². The fraction of sp³-hybridized carbons (Fsp3) is 0.500. The minimum atomic E-state index is 0.765. The Balaban J connectivity index is 2.64. The van der Waals surface area contributed by atoms with E-state index in [2.05, 4.69) is 15.4 Å². The Morgan fingerprint density at radius 2 is 2.27 bits per heavy atom. The average Bonchev–Trinajstić information content (AvgIpc) is 2.31. The third-order valence-electron chi connectivity index (χ3n) is 1.03. The van der Waals surface area contributed by atoms with Crippen molar-refractivity contribution in [2.75, 3.05) is 14.1 Å². The van der Waals surface area contributed by atoms with Crippen LogP contribution in [0.2, 0.25) is 0 Å². The van der Waals surface area contributed by atoms with Gasteiger partial charge in [0.15, 0.2) is 0 Å². The highest BCUT2D eigenvalue weighted by atomic mass is 15.5. The van der Waals surface area contributed by atoms with Crippen LogP contribution in [0.4, 0.5) is 5.69 Å². The van der Waals surface area contributed by atoms with Gasteiger partial charge in [0.1, 0.15) is 5.69 Å². The van der Waals surface area contributed by atoms with Gasteiger partial charge < -0.3 is 0 Å². The number of hydrogen-bond donors (Lipinski definition) is 0. The van der Waals surface area contributed by atoms with Crippen molar-refractivity contribution in [2.45, 2.75) is 0 Å².